The third-order valence-corrected chi connectivity index (χ3v) is 4.78. The van der Waals surface area contributed by atoms with E-state index in [0.717, 1.165) is 31.7 Å². The number of sulfonamides is 1. The quantitative estimate of drug-likeness (QED) is 0.653. The van der Waals surface area contributed by atoms with E-state index in [9.17, 15) is 18.5 Å². The van der Waals surface area contributed by atoms with E-state index in [0.29, 0.717) is 11.6 Å². The smallest absolute Gasteiger partial charge is 0.293 e. The monoisotopic (exact) mass is 313 g/mol. The predicted octanol–water partition coefficient (Wildman–Crippen LogP) is 2.23. The summed E-state index contributed by atoms with van der Waals surface area (Å²) in [6.07, 6.45) is 4.08. The van der Waals surface area contributed by atoms with Gasteiger partial charge >= 0.3 is 0 Å². The average Bonchev–Trinajstić information content (AvgIpc) is 2.40. The minimum absolute atomic E-state index is 0.181. The van der Waals surface area contributed by atoms with Crippen molar-refractivity contribution in [3.63, 3.8) is 0 Å². The van der Waals surface area contributed by atoms with Crippen LogP contribution in [-0.4, -0.2) is 19.4 Å². The van der Waals surface area contributed by atoms with E-state index in [1.165, 1.54) is 12.1 Å². The normalized spacial score (nSPS) is 22.8. The van der Waals surface area contributed by atoms with Crippen LogP contribution in [0.15, 0.2) is 23.1 Å². The van der Waals surface area contributed by atoms with E-state index in [1.807, 2.05) is 0 Å². The van der Waals surface area contributed by atoms with Crippen LogP contribution >= 0.6 is 0 Å². The van der Waals surface area contributed by atoms with Gasteiger partial charge in [0.05, 0.1) is 9.82 Å². The van der Waals surface area contributed by atoms with Crippen LogP contribution in [0.1, 0.15) is 32.6 Å². The second kappa shape index (κ2) is 5.98. The molecule has 1 saturated carbocycles. The first-order valence-electron chi connectivity index (χ1n) is 6.85. The van der Waals surface area contributed by atoms with Crippen molar-refractivity contribution in [2.24, 2.45) is 11.1 Å². The number of nitro groups is 1. The Balaban J connectivity index is 2.25. The van der Waals surface area contributed by atoms with Gasteiger partial charge in [-0.2, -0.15) is 0 Å². The molecule has 0 amide bonds. The predicted molar refractivity (Wildman–Crippen MR) is 79.5 cm³/mol. The number of primary sulfonamides is 1. The maximum atomic E-state index is 11.3. The van der Waals surface area contributed by atoms with E-state index >= 15 is 0 Å². The van der Waals surface area contributed by atoms with Crippen molar-refractivity contribution in [2.75, 3.05) is 5.32 Å². The van der Waals surface area contributed by atoms with E-state index in [4.69, 9.17) is 5.14 Å². The van der Waals surface area contributed by atoms with Crippen LogP contribution in [0.2, 0.25) is 0 Å². The third-order valence-electron chi connectivity index (χ3n) is 3.87. The maximum absolute atomic E-state index is 11.3. The summed E-state index contributed by atoms with van der Waals surface area (Å²) >= 11 is 0. The first kappa shape index (κ1) is 15.7. The first-order valence-corrected chi connectivity index (χ1v) is 8.40. The van der Waals surface area contributed by atoms with E-state index in [1.54, 1.807) is 0 Å². The van der Waals surface area contributed by atoms with Crippen LogP contribution in [0.25, 0.3) is 0 Å². The average molecular weight is 313 g/mol. The third kappa shape index (κ3) is 3.92. The lowest BCUT2D eigenvalue weighted by molar-refractivity contribution is -0.384. The summed E-state index contributed by atoms with van der Waals surface area (Å²) in [5.41, 5.74) is 0.0760. The van der Waals surface area contributed by atoms with Crippen molar-refractivity contribution in [1.82, 2.24) is 0 Å². The number of hydrogen-bond donors (Lipinski definition) is 2. The summed E-state index contributed by atoms with van der Waals surface area (Å²) in [5, 5.41) is 19.3. The molecule has 0 heterocycles. The molecular formula is C13H19N3O4S. The van der Waals surface area contributed by atoms with Gasteiger partial charge in [-0.05, 0) is 43.7 Å². The second-order valence-electron chi connectivity index (χ2n) is 5.58. The van der Waals surface area contributed by atoms with Crippen LogP contribution in [0.4, 0.5) is 11.4 Å². The van der Waals surface area contributed by atoms with E-state index < -0.39 is 14.9 Å². The van der Waals surface area contributed by atoms with Crippen LogP contribution in [0.5, 0.6) is 0 Å². The highest BCUT2D eigenvalue weighted by Crippen LogP contribution is 2.31. The zero-order valence-electron chi connectivity index (χ0n) is 11.8. The summed E-state index contributed by atoms with van der Waals surface area (Å²) in [5.74, 6) is 0.683. The van der Waals surface area contributed by atoms with Gasteiger partial charge in [-0.25, -0.2) is 13.6 Å². The number of anilines is 1. The molecule has 1 aromatic rings. The summed E-state index contributed by atoms with van der Waals surface area (Å²) in [4.78, 5) is 10.3. The molecule has 1 aliphatic rings. The molecule has 0 radical (unpaired) electrons. The molecule has 0 atom stereocenters. The SMILES string of the molecule is CC1CCC(Nc2ccc(S(N)(=O)=O)cc2[N+](=O)[O-])CC1. The number of nitrogens with one attached hydrogen (secondary N) is 1. The van der Waals surface area contributed by atoms with Crippen molar-refractivity contribution in [3.8, 4) is 0 Å². The lowest BCUT2D eigenvalue weighted by atomic mass is 9.87. The van der Waals surface area contributed by atoms with Crippen LogP contribution in [0, 0.1) is 16.0 Å². The molecule has 0 unspecified atom stereocenters. The molecular weight excluding hydrogens is 294 g/mol. The van der Waals surface area contributed by atoms with E-state index in [-0.39, 0.29) is 16.6 Å². The Hall–Kier alpha value is -1.67. The molecule has 2 rings (SSSR count). The van der Waals surface area contributed by atoms with Gasteiger partial charge < -0.3 is 5.32 Å². The lowest BCUT2D eigenvalue weighted by Crippen LogP contribution is -2.25. The fourth-order valence-corrected chi connectivity index (χ4v) is 3.12. The maximum Gasteiger partial charge on any atom is 0.293 e. The van der Waals surface area contributed by atoms with Crippen molar-refractivity contribution in [3.05, 3.63) is 28.3 Å². The summed E-state index contributed by atoms with van der Waals surface area (Å²) in [6, 6.07) is 3.88. The van der Waals surface area contributed by atoms with Crippen molar-refractivity contribution >= 4 is 21.4 Å². The van der Waals surface area contributed by atoms with Gasteiger partial charge in [-0.1, -0.05) is 6.92 Å². The zero-order valence-corrected chi connectivity index (χ0v) is 12.6. The van der Waals surface area contributed by atoms with Gasteiger partial charge in [0.25, 0.3) is 5.69 Å². The molecule has 21 heavy (non-hydrogen) atoms. The summed E-state index contributed by atoms with van der Waals surface area (Å²) in [7, 11) is -3.95. The number of benzene rings is 1. The molecule has 1 aromatic carbocycles. The van der Waals surface area contributed by atoms with Crippen molar-refractivity contribution in [1.29, 1.82) is 0 Å². The fraction of sp³-hybridized carbons (Fsp3) is 0.538. The summed E-state index contributed by atoms with van der Waals surface area (Å²) < 4.78 is 22.6. The Labute approximate surface area is 123 Å². The lowest BCUT2D eigenvalue weighted by Gasteiger charge is -2.27. The number of hydrogen-bond acceptors (Lipinski definition) is 5. The molecule has 1 aliphatic carbocycles. The Morgan fingerprint density at radius 3 is 2.43 bits per heavy atom. The Morgan fingerprint density at radius 1 is 1.29 bits per heavy atom. The molecule has 0 saturated heterocycles. The Morgan fingerprint density at radius 2 is 1.90 bits per heavy atom. The van der Waals surface area contributed by atoms with Gasteiger partial charge in [0.1, 0.15) is 5.69 Å². The largest absolute Gasteiger partial charge is 0.377 e. The number of nitrogens with two attached hydrogens (primary N) is 1. The van der Waals surface area contributed by atoms with Crippen LogP contribution in [0.3, 0.4) is 0 Å². The van der Waals surface area contributed by atoms with Gasteiger partial charge in [-0.3, -0.25) is 10.1 Å². The van der Waals surface area contributed by atoms with Gasteiger partial charge in [0.15, 0.2) is 0 Å². The Kier molecular flexibility index (Phi) is 4.48. The highest BCUT2D eigenvalue weighted by atomic mass is 32.2. The number of rotatable bonds is 4. The van der Waals surface area contributed by atoms with E-state index in [2.05, 4.69) is 12.2 Å². The van der Waals surface area contributed by atoms with Gasteiger partial charge in [0.2, 0.25) is 10.0 Å². The topological polar surface area (TPSA) is 115 Å². The molecule has 7 nitrogen and oxygen atoms in total. The molecule has 0 aromatic heterocycles. The van der Waals surface area contributed by atoms with Crippen molar-refractivity contribution < 1.29 is 13.3 Å². The molecule has 0 bridgehead atoms. The molecule has 1 fully saturated rings. The number of nitro benzene ring substituents is 1. The minimum Gasteiger partial charge on any atom is -0.377 e. The van der Waals surface area contributed by atoms with Crippen molar-refractivity contribution in [2.45, 2.75) is 43.5 Å². The standard InChI is InChI=1S/C13H19N3O4S/c1-9-2-4-10(5-3-9)15-12-7-6-11(21(14,19)20)8-13(12)16(17)18/h6-10,15H,2-5H2,1H3,(H2,14,19,20). The van der Waals surface area contributed by atoms with Crippen LogP contribution < -0.4 is 10.5 Å². The summed E-state index contributed by atoms with van der Waals surface area (Å²) in [6.45, 7) is 2.19. The van der Waals surface area contributed by atoms with Gasteiger partial charge in [-0.15, -0.1) is 0 Å². The zero-order chi connectivity index (χ0) is 15.6. The van der Waals surface area contributed by atoms with Gasteiger partial charge in [0, 0.05) is 12.1 Å². The van der Waals surface area contributed by atoms with Crippen LogP contribution in [-0.2, 0) is 10.0 Å². The second-order valence-corrected chi connectivity index (χ2v) is 7.14. The Bertz CT molecular complexity index is 637. The molecule has 0 spiro atoms. The highest BCUT2D eigenvalue weighted by molar-refractivity contribution is 7.89. The molecule has 116 valence electrons. The minimum atomic E-state index is -3.95. The molecule has 8 heteroatoms. The first-order chi connectivity index (χ1) is 9.77. The molecule has 0 aliphatic heterocycles. The molecule has 3 N–H and O–H groups in total. The number of nitrogens with zero attached hydrogens (tertiary/aromatic N) is 1. The highest BCUT2D eigenvalue weighted by Gasteiger charge is 2.23. The fourth-order valence-electron chi connectivity index (χ4n) is 2.59.